The summed E-state index contributed by atoms with van der Waals surface area (Å²) in [7, 11) is 0. The van der Waals surface area contributed by atoms with Gasteiger partial charge in [-0.1, -0.05) is 19.9 Å². The monoisotopic (exact) mass is 283 g/mol. The summed E-state index contributed by atoms with van der Waals surface area (Å²) < 4.78 is 26.4. The summed E-state index contributed by atoms with van der Waals surface area (Å²) in [5.41, 5.74) is 0.385. The minimum absolute atomic E-state index is 0.0693. The van der Waals surface area contributed by atoms with Crippen molar-refractivity contribution in [2.45, 2.75) is 32.3 Å². The number of aliphatic hydroxyl groups is 1. The van der Waals surface area contributed by atoms with Gasteiger partial charge in [-0.2, -0.15) is 0 Å². The number of carbonyl (C=O) groups excluding carboxylic acids is 1. The standard InChI is InChI=1S/C15H19F2NO2/c1-8(2)14(19)7-18-15(20)12-6-11(12)10-4-3-9(16)5-13(10)17/h3-5,8,11-12,14,19H,6-7H2,1-2H3,(H,18,20). The fourth-order valence-electron chi connectivity index (χ4n) is 2.20. The van der Waals surface area contributed by atoms with Crippen LogP contribution in [0.3, 0.4) is 0 Å². The van der Waals surface area contributed by atoms with Crippen LogP contribution in [-0.2, 0) is 4.79 Å². The Bertz CT molecular complexity index is 505. The Kier molecular flexibility index (Phi) is 4.38. The molecule has 0 bridgehead atoms. The molecule has 2 rings (SSSR count). The van der Waals surface area contributed by atoms with E-state index in [-0.39, 0.29) is 30.2 Å². The lowest BCUT2D eigenvalue weighted by Gasteiger charge is -2.15. The van der Waals surface area contributed by atoms with E-state index in [9.17, 15) is 18.7 Å². The predicted octanol–water partition coefficient (Wildman–Crippen LogP) is 2.20. The van der Waals surface area contributed by atoms with Crippen LogP contribution in [0.4, 0.5) is 8.78 Å². The van der Waals surface area contributed by atoms with E-state index in [0.717, 1.165) is 6.07 Å². The fourth-order valence-corrected chi connectivity index (χ4v) is 2.20. The van der Waals surface area contributed by atoms with Crippen LogP contribution in [0, 0.1) is 23.5 Å². The van der Waals surface area contributed by atoms with Crippen molar-refractivity contribution < 1.29 is 18.7 Å². The second kappa shape index (κ2) is 5.87. The highest BCUT2D eigenvalue weighted by Gasteiger charge is 2.45. The van der Waals surface area contributed by atoms with Gasteiger partial charge in [0.05, 0.1) is 6.10 Å². The molecule has 1 aromatic rings. The Morgan fingerprint density at radius 1 is 1.45 bits per heavy atom. The zero-order valence-electron chi connectivity index (χ0n) is 11.6. The molecule has 1 aliphatic rings. The zero-order valence-corrected chi connectivity index (χ0v) is 11.6. The first kappa shape index (κ1) is 14.9. The van der Waals surface area contributed by atoms with Crippen molar-refractivity contribution in [2.24, 2.45) is 11.8 Å². The van der Waals surface area contributed by atoms with Crippen molar-refractivity contribution in [1.82, 2.24) is 5.32 Å². The molecule has 0 aromatic heterocycles. The molecule has 5 heteroatoms. The zero-order chi connectivity index (χ0) is 14.9. The van der Waals surface area contributed by atoms with Gasteiger partial charge in [0.1, 0.15) is 11.6 Å². The third-order valence-electron chi connectivity index (χ3n) is 3.74. The second-order valence-corrected chi connectivity index (χ2v) is 5.67. The van der Waals surface area contributed by atoms with Gasteiger partial charge < -0.3 is 10.4 Å². The molecule has 3 atom stereocenters. The van der Waals surface area contributed by atoms with Crippen molar-refractivity contribution in [2.75, 3.05) is 6.54 Å². The summed E-state index contributed by atoms with van der Waals surface area (Å²) in [5, 5.41) is 12.3. The van der Waals surface area contributed by atoms with Crippen LogP contribution < -0.4 is 5.32 Å². The van der Waals surface area contributed by atoms with Crippen molar-refractivity contribution in [3.05, 3.63) is 35.4 Å². The highest BCUT2D eigenvalue weighted by atomic mass is 19.1. The maximum Gasteiger partial charge on any atom is 0.223 e. The first-order valence-electron chi connectivity index (χ1n) is 6.81. The largest absolute Gasteiger partial charge is 0.391 e. The second-order valence-electron chi connectivity index (χ2n) is 5.67. The van der Waals surface area contributed by atoms with E-state index < -0.39 is 17.7 Å². The highest BCUT2D eigenvalue weighted by molar-refractivity contribution is 5.82. The van der Waals surface area contributed by atoms with Crippen LogP contribution in [0.25, 0.3) is 0 Å². The van der Waals surface area contributed by atoms with Gasteiger partial charge in [-0.25, -0.2) is 8.78 Å². The fraction of sp³-hybridized carbons (Fsp3) is 0.533. The van der Waals surface area contributed by atoms with Crippen molar-refractivity contribution >= 4 is 5.91 Å². The van der Waals surface area contributed by atoms with E-state index in [1.54, 1.807) is 0 Å². The SMILES string of the molecule is CC(C)C(O)CNC(=O)C1CC1c1ccc(F)cc1F. The van der Waals surface area contributed by atoms with Crippen molar-refractivity contribution in [3.63, 3.8) is 0 Å². The topological polar surface area (TPSA) is 49.3 Å². The maximum absolute atomic E-state index is 13.6. The number of amides is 1. The number of hydrogen-bond donors (Lipinski definition) is 2. The Labute approximate surface area is 117 Å². The van der Waals surface area contributed by atoms with Crippen LogP contribution in [0.1, 0.15) is 31.7 Å². The molecule has 0 spiro atoms. The third kappa shape index (κ3) is 3.33. The van der Waals surface area contributed by atoms with E-state index in [1.807, 2.05) is 13.8 Å². The number of rotatable bonds is 5. The Balaban J connectivity index is 1.89. The van der Waals surface area contributed by atoms with Crippen molar-refractivity contribution in [3.8, 4) is 0 Å². The Morgan fingerprint density at radius 2 is 2.15 bits per heavy atom. The molecule has 2 N–H and O–H groups in total. The molecule has 110 valence electrons. The molecular formula is C15H19F2NO2. The van der Waals surface area contributed by atoms with Crippen LogP contribution >= 0.6 is 0 Å². The van der Waals surface area contributed by atoms with Crippen LogP contribution in [-0.4, -0.2) is 23.7 Å². The molecule has 20 heavy (non-hydrogen) atoms. The third-order valence-corrected chi connectivity index (χ3v) is 3.74. The van der Waals surface area contributed by atoms with Gasteiger partial charge in [-0.15, -0.1) is 0 Å². The van der Waals surface area contributed by atoms with E-state index in [2.05, 4.69) is 5.32 Å². The lowest BCUT2D eigenvalue weighted by atomic mass is 10.1. The summed E-state index contributed by atoms with van der Waals surface area (Å²) in [4.78, 5) is 11.9. The number of aliphatic hydroxyl groups excluding tert-OH is 1. The smallest absolute Gasteiger partial charge is 0.223 e. The molecule has 1 fully saturated rings. The van der Waals surface area contributed by atoms with Crippen LogP contribution in [0.5, 0.6) is 0 Å². The van der Waals surface area contributed by atoms with Gasteiger partial charge >= 0.3 is 0 Å². The lowest BCUT2D eigenvalue weighted by molar-refractivity contribution is -0.123. The summed E-state index contributed by atoms with van der Waals surface area (Å²) in [6.07, 6.45) is -0.0229. The maximum atomic E-state index is 13.6. The molecule has 1 amide bonds. The first-order valence-corrected chi connectivity index (χ1v) is 6.81. The predicted molar refractivity (Wildman–Crippen MR) is 71.1 cm³/mol. The summed E-state index contributed by atoms with van der Waals surface area (Å²) in [6.45, 7) is 3.93. The van der Waals surface area contributed by atoms with Crippen LogP contribution in [0.15, 0.2) is 18.2 Å². The van der Waals surface area contributed by atoms with Gasteiger partial charge in [0.2, 0.25) is 5.91 Å². The first-order chi connectivity index (χ1) is 9.40. The van der Waals surface area contributed by atoms with Crippen LogP contribution in [0.2, 0.25) is 0 Å². The molecule has 1 saturated carbocycles. The van der Waals surface area contributed by atoms with Gasteiger partial charge in [0.25, 0.3) is 0 Å². The molecule has 3 nitrogen and oxygen atoms in total. The molecule has 0 aliphatic heterocycles. The highest BCUT2D eigenvalue weighted by Crippen LogP contribution is 2.48. The van der Waals surface area contributed by atoms with Gasteiger partial charge in [-0.05, 0) is 29.9 Å². The van der Waals surface area contributed by atoms with Gasteiger partial charge in [0, 0.05) is 18.5 Å². The summed E-state index contributed by atoms with van der Waals surface area (Å²) in [5.74, 6) is -1.81. The molecule has 1 aromatic carbocycles. The van der Waals surface area contributed by atoms with E-state index in [0.29, 0.717) is 12.0 Å². The molecule has 0 heterocycles. The molecule has 0 saturated heterocycles. The number of benzene rings is 1. The minimum atomic E-state index is -0.618. The number of hydrogen-bond acceptors (Lipinski definition) is 2. The Hall–Kier alpha value is -1.49. The average molecular weight is 283 g/mol. The van der Waals surface area contributed by atoms with Gasteiger partial charge in [0.15, 0.2) is 0 Å². The quantitative estimate of drug-likeness (QED) is 0.870. The van der Waals surface area contributed by atoms with E-state index in [1.165, 1.54) is 12.1 Å². The molecular weight excluding hydrogens is 264 g/mol. The molecule has 0 radical (unpaired) electrons. The van der Waals surface area contributed by atoms with E-state index >= 15 is 0 Å². The van der Waals surface area contributed by atoms with Crippen molar-refractivity contribution in [1.29, 1.82) is 0 Å². The normalized spacial score (nSPS) is 22.7. The number of halogens is 2. The number of carbonyl (C=O) groups is 1. The van der Waals surface area contributed by atoms with E-state index in [4.69, 9.17) is 0 Å². The summed E-state index contributed by atoms with van der Waals surface area (Å²) in [6, 6.07) is 3.44. The lowest BCUT2D eigenvalue weighted by Crippen LogP contribution is -2.35. The number of nitrogens with one attached hydrogen (secondary N) is 1. The molecule has 1 aliphatic carbocycles. The average Bonchev–Trinajstić information content (AvgIpc) is 3.15. The van der Waals surface area contributed by atoms with Gasteiger partial charge in [-0.3, -0.25) is 4.79 Å². The molecule has 3 unspecified atom stereocenters. The summed E-state index contributed by atoms with van der Waals surface area (Å²) >= 11 is 0. The minimum Gasteiger partial charge on any atom is -0.391 e. The Morgan fingerprint density at radius 3 is 2.75 bits per heavy atom.